The molecule has 0 fully saturated rings. The number of amides is 2. The quantitative estimate of drug-likeness (QED) is 0.857. The smallest absolute Gasteiger partial charge is 0.321 e. The van der Waals surface area contributed by atoms with E-state index in [-0.39, 0.29) is 6.03 Å². The lowest BCUT2D eigenvalue weighted by Gasteiger charge is -2.21. The Morgan fingerprint density at radius 1 is 1.32 bits per heavy atom. The number of rotatable bonds is 5. The Balaban J connectivity index is 2.56. The molecule has 2 unspecified atom stereocenters. The third-order valence-electron chi connectivity index (χ3n) is 3.27. The third-order valence-corrected chi connectivity index (χ3v) is 3.27. The molecule has 2 atom stereocenters. The van der Waals surface area contributed by atoms with Gasteiger partial charge in [-0.05, 0) is 30.5 Å². The molecular weight excluding hydrogens is 240 g/mol. The van der Waals surface area contributed by atoms with E-state index in [1.807, 2.05) is 12.1 Å². The maximum absolute atomic E-state index is 11.9. The maximum atomic E-state index is 11.9. The Bertz CT molecular complexity index is 401. The van der Waals surface area contributed by atoms with Gasteiger partial charge in [0, 0.05) is 19.3 Å². The Morgan fingerprint density at radius 3 is 2.37 bits per heavy atom. The molecule has 0 saturated heterocycles. The zero-order valence-electron chi connectivity index (χ0n) is 12.2. The first-order chi connectivity index (χ1) is 8.93. The second-order valence-electron chi connectivity index (χ2n) is 5.12. The molecule has 0 aliphatic heterocycles. The fraction of sp³-hybridized carbons (Fsp3) is 0.533. The molecule has 0 radical (unpaired) electrons. The molecule has 0 aliphatic rings. The molecule has 2 N–H and O–H groups in total. The highest BCUT2D eigenvalue weighted by Crippen LogP contribution is 2.16. The van der Waals surface area contributed by atoms with Crippen molar-refractivity contribution in [1.82, 2.24) is 4.90 Å². The van der Waals surface area contributed by atoms with Crippen LogP contribution < -0.4 is 5.32 Å². The van der Waals surface area contributed by atoms with Gasteiger partial charge in [0.25, 0.3) is 0 Å². The van der Waals surface area contributed by atoms with E-state index in [1.54, 1.807) is 31.0 Å². The number of urea groups is 1. The number of benzene rings is 1. The van der Waals surface area contributed by atoms with Crippen LogP contribution in [0.3, 0.4) is 0 Å². The molecule has 0 spiro atoms. The summed E-state index contributed by atoms with van der Waals surface area (Å²) in [7, 11) is 1.80. The highest BCUT2D eigenvalue weighted by molar-refractivity contribution is 5.89. The van der Waals surface area contributed by atoms with Crippen molar-refractivity contribution < 1.29 is 9.90 Å². The van der Waals surface area contributed by atoms with Gasteiger partial charge in [-0.3, -0.25) is 0 Å². The van der Waals surface area contributed by atoms with Crippen LogP contribution in [0.1, 0.15) is 38.9 Å². The van der Waals surface area contributed by atoms with Gasteiger partial charge in [-0.1, -0.05) is 32.4 Å². The first-order valence-electron chi connectivity index (χ1n) is 6.74. The van der Waals surface area contributed by atoms with Gasteiger partial charge < -0.3 is 15.3 Å². The van der Waals surface area contributed by atoms with Crippen LogP contribution in [-0.4, -0.2) is 29.6 Å². The molecule has 0 heterocycles. The average Bonchev–Trinajstić information content (AvgIpc) is 2.38. The van der Waals surface area contributed by atoms with Crippen molar-refractivity contribution in [2.75, 3.05) is 18.9 Å². The van der Waals surface area contributed by atoms with Gasteiger partial charge in [-0.15, -0.1) is 0 Å². The molecule has 1 aromatic rings. The second-order valence-corrected chi connectivity index (χ2v) is 5.12. The lowest BCUT2D eigenvalue weighted by atomic mass is 10.1. The number of carbonyl (C=O) groups excluding carboxylic acids is 1. The first kappa shape index (κ1) is 15.5. The van der Waals surface area contributed by atoms with Crippen LogP contribution in [0.25, 0.3) is 0 Å². The maximum Gasteiger partial charge on any atom is 0.321 e. The fourth-order valence-corrected chi connectivity index (χ4v) is 1.74. The molecule has 19 heavy (non-hydrogen) atoms. The van der Waals surface area contributed by atoms with Crippen LogP contribution in [-0.2, 0) is 0 Å². The van der Waals surface area contributed by atoms with E-state index >= 15 is 0 Å². The largest absolute Gasteiger partial charge is 0.389 e. The van der Waals surface area contributed by atoms with E-state index in [0.29, 0.717) is 5.92 Å². The molecule has 2 amide bonds. The number of nitrogens with zero attached hydrogens (tertiary/aromatic N) is 1. The first-order valence-corrected chi connectivity index (χ1v) is 6.74. The van der Waals surface area contributed by atoms with Gasteiger partial charge in [-0.2, -0.15) is 0 Å². The number of nitrogens with one attached hydrogen (secondary N) is 1. The van der Waals surface area contributed by atoms with E-state index in [1.165, 1.54) is 0 Å². The molecule has 106 valence electrons. The summed E-state index contributed by atoms with van der Waals surface area (Å²) in [6, 6.07) is 7.13. The summed E-state index contributed by atoms with van der Waals surface area (Å²) in [5.74, 6) is 0.494. The molecule has 1 aromatic carbocycles. The number of aliphatic hydroxyl groups is 1. The van der Waals surface area contributed by atoms with Crippen LogP contribution in [0.2, 0.25) is 0 Å². The normalized spacial score (nSPS) is 13.7. The van der Waals surface area contributed by atoms with E-state index in [4.69, 9.17) is 0 Å². The predicted octanol–water partition coefficient (Wildman–Crippen LogP) is 3.25. The fourth-order valence-electron chi connectivity index (χ4n) is 1.74. The van der Waals surface area contributed by atoms with Gasteiger partial charge in [0.1, 0.15) is 0 Å². The van der Waals surface area contributed by atoms with Gasteiger partial charge in [-0.25, -0.2) is 4.79 Å². The summed E-state index contributed by atoms with van der Waals surface area (Å²) in [6.45, 7) is 6.70. The summed E-state index contributed by atoms with van der Waals surface area (Å²) in [5.41, 5.74) is 1.58. The Labute approximate surface area is 115 Å². The zero-order chi connectivity index (χ0) is 14.4. The van der Waals surface area contributed by atoms with Crippen molar-refractivity contribution >= 4 is 11.7 Å². The number of hydrogen-bond acceptors (Lipinski definition) is 2. The number of carbonyl (C=O) groups is 1. The van der Waals surface area contributed by atoms with E-state index < -0.39 is 6.10 Å². The molecule has 4 heteroatoms. The van der Waals surface area contributed by atoms with Crippen LogP contribution in [0.4, 0.5) is 10.5 Å². The number of hydrogen-bond donors (Lipinski definition) is 2. The van der Waals surface area contributed by atoms with Gasteiger partial charge in [0.15, 0.2) is 0 Å². The molecule has 0 saturated carbocycles. The van der Waals surface area contributed by atoms with Crippen molar-refractivity contribution in [3.05, 3.63) is 29.8 Å². The van der Waals surface area contributed by atoms with Crippen LogP contribution >= 0.6 is 0 Å². The minimum Gasteiger partial charge on any atom is -0.389 e. The summed E-state index contributed by atoms with van der Waals surface area (Å²) >= 11 is 0. The predicted molar refractivity (Wildman–Crippen MR) is 78.2 cm³/mol. The highest BCUT2D eigenvalue weighted by atomic mass is 16.3. The van der Waals surface area contributed by atoms with Crippen molar-refractivity contribution in [3.63, 3.8) is 0 Å². The molecule has 0 aromatic heterocycles. The summed E-state index contributed by atoms with van der Waals surface area (Å²) < 4.78 is 0. The minimum atomic E-state index is -0.488. The molecular formula is C15H24N2O2. The molecule has 0 bridgehead atoms. The van der Waals surface area contributed by atoms with Crippen molar-refractivity contribution in [1.29, 1.82) is 0 Å². The summed E-state index contributed by atoms with van der Waals surface area (Å²) in [4.78, 5) is 13.6. The highest BCUT2D eigenvalue weighted by Gasteiger charge is 2.11. The lowest BCUT2D eigenvalue weighted by Crippen LogP contribution is -2.34. The number of aliphatic hydroxyl groups excluding tert-OH is 1. The lowest BCUT2D eigenvalue weighted by molar-refractivity contribution is 0.199. The second kappa shape index (κ2) is 7.14. The zero-order valence-corrected chi connectivity index (χ0v) is 12.2. The molecule has 4 nitrogen and oxygen atoms in total. The van der Waals surface area contributed by atoms with E-state index in [0.717, 1.165) is 24.2 Å². The van der Waals surface area contributed by atoms with Crippen LogP contribution in [0.5, 0.6) is 0 Å². The van der Waals surface area contributed by atoms with E-state index in [2.05, 4.69) is 19.2 Å². The van der Waals surface area contributed by atoms with Crippen LogP contribution in [0, 0.1) is 5.92 Å². The third kappa shape index (κ3) is 4.91. The summed E-state index contributed by atoms with van der Waals surface area (Å²) in [5, 5.41) is 12.3. The Kier molecular flexibility index (Phi) is 5.83. The van der Waals surface area contributed by atoms with Crippen molar-refractivity contribution in [2.24, 2.45) is 5.92 Å². The molecule has 0 aliphatic carbocycles. The van der Waals surface area contributed by atoms with Gasteiger partial charge in [0.05, 0.1) is 6.10 Å². The van der Waals surface area contributed by atoms with Gasteiger partial charge >= 0.3 is 6.03 Å². The standard InChI is InChI=1S/C15H24N2O2/c1-5-11(2)10-17(4)15(19)16-14-8-6-13(7-9-14)12(3)18/h6-9,11-12,18H,5,10H2,1-4H3,(H,16,19). The summed E-state index contributed by atoms with van der Waals surface area (Å²) in [6.07, 6.45) is 0.568. The topological polar surface area (TPSA) is 52.6 Å². The monoisotopic (exact) mass is 264 g/mol. The van der Waals surface area contributed by atoms with Crippen molar-refractivity contribution in [2.45, 2.75) is 33.3 Å². The van der Waals surface area contributed by atoms with Gasteiger partial charge in [0.2, 0.25) is 0 Å². The molecule has 1 rings (SSSR count). The van der Waals surface area contributed by atoms with E-state index in [9.17, 15) is 9.90 Å². The Hall–Kier alpha value is -1.55. The van der Waals surface area contributed by atoms with Crippen LogP contribution in [0.15, 0.2) is 24.3 Å². The number of anilines is 1. The van der Waals surface area contributed by atoms with Crippen molar-refractivity contribution in [3.8, 4) is 0 Å². The minimum absolute atomic E-state index is 0.106. The Morgan fingerprint density at radius 2 is 1.89 bits per heavy atom. The average molecular weight is 264 g/mol. The SMILES string of the molecule is CCC(C)CN(C)C(=O)Nc1ccc(C(C)O)cc1.